The van der Waals surface area contributed by atoms with Crippen LogP contribution in [0.4, 0.5) is 0 Å². The van der Waals surface area contributed by atoms with Crippen molar-refractivity contribution in [3.05, 3.63) is 0 Å². The lowest BCUT2D eigenvalue weighted by molar-refractivity contribution is -0.110. The van der Waals surface area contributed by atoms with Crippen LogP contribution in [0.3, 0.4) is 0 Å². The molecule has 0 heterocycles. The number of thiol groups is 1. The SMILES string of the molecule is CCO[Si](C)(CCC(=O)S)OCC. The van der Waals surface area contributed by atoms with Crippen molar-refractivity contribution in [2.45, 2.75) is 32.9 Å². The number of hydrogen-bond donors (Lipinski definition) is 1. The van der Waals surface area contributed by atoms with E-state index >= 15 is 0 Å². The lowest BCUT2D eigenvalue weighted by Crippen LogP contribution is -2.38. The molecule has 0 aliphatic rings. The molecule has 0 rings (SSSR count). The second-order valence-electron chi connectivity index (χ2n) is 2.89. The van der Waals surface area contributed by atoms with Crippen LogP contribution in [0, 0.1) is 0 Å². The van der Waals surface area contributed by atoms with Gasteiger partial charge in [-0.2, -0.15) is 0 Å². The maximum absolute atomic E-state index is 10.7. The van der Waals surface area contributed by atoms with Crippen LogP contribution in [-0.4, -0.2) is 26.9 Å². The summed E-state index contributed by atoms with van der Waals surface area (Å²) < 4.78 is 11.1. The molecular formula is C8H18O3SSi. The third-order valence-electron chi connectivity index (χ3n) is 1.69. The first-order valence-corrected chi connectivity index (χ1v) is 7.51. The molecule has 0 radical (unpaired) electrons. The van der Waals surface area contributed by atoms with E-state index in [1.54, 1.807) is 0 Å². The van der Waals surface area contributed by atoms with Crippen LogP contribution in [0.5, 0.6) is 0 Å². The summed E-state index contributed by atoms with van der Waals surface area (Å²) in [5.41, 5.74) is 0. The van der Waals surface area contributed by atoms with Gasteiger partial charge in [0.05, 0.1) is 0 Å². The van der Waals surface area contributed by atoms with Gasteiger partial charge in [0.15, 0.2) is 5.12 Å². The van der Waals surface area contributed by atoms with E-state index in [2.05, 4.69) is 12.6 Å². The summed E-state index contributed by atoms with van der Waals surface area (Å²) in [5, 5.41) is -0.0990. The average Bonchev–Trinajstić information content (AvgIpc) is 2.02. The van der Waals surface area contributed by atoms with Gasteiger partial charge >= 0.3 is 8.56 Å². The Bertz CT molecular complexity index is 157. The Kier molecular flexibility index (Phi) is 6.67. The first-order valence-electron chi connectivity index (χ1n) is 4.53. The minimum absolute atomic E-state index is 0.0990. The Morgan fingerprint density at radius 1 is 1.31 bits per heavy atom. The highest BCUT2D eigenvalue weighted by atomic mass is 32.1. The first-order chi connectivity index (χ1) is 6.04. The van der Waals surface area contributed by atoms with Crippen LogP contribution in [0.15, 0.2) is 0 Å². The number of carbonyl (C=O) groups excluding carboxylic acids is 1. The molecule has 0 saturated carbocycles. The Morgan fingerprint density at radius 2 is 1.77 bits per heavy atom. The summed E-state index contributed by atoms with van der Waals surface area (Å²) in [4.78, 5) is 10.7. The molecule has 0 N–H and O–H groups in total. The highest BCUT2D eigenvalue weighted by Gasteiger charge is 2.30. The molecule has 0 fully saturated rings. The van der Waals surface area contributed by atoms with Crippen molar-refractivity contribution < 1.29 is 13.6 Å². The number of rotatable bonds is 7. The van der Waals surface area contributed by atoms with Crippen LogP contribution in [0.2, 0.25) is 12.6 Å². The van der Waals surface area contributed by atoms with Gasteiger partial charge in [-0.15, -0.1) is 12.6 Å². The van der Waals surface area contributed by atoms with E-state index in [1.165, 1.54) is 0 Å². The normalized spacial score (nSPS) is 11.7. The van der Waals surface area contributed by atoms with Crippen LogP contribution in [-0.2, 0) is 13.6 Å². The smallest absolute Gasteiger partial charge is 0.335 e. The van der Waals surface area contributed by atoms with E-state index in [1.807, 2.05) is 20.4 Å². The third kappa shape index (κ3) is 6.26. The first kappa shape index (κ1) is 13.2. The Morgan fingerprint density at radius 3 is 2.08 bits per heavy atom. The summed E-state index contributed by atoms with van der Waals surface area (Å²) in [7, 11) is -2.08. The molecule has 0 aliphatic heterocycles. The maximum atomic E-state index is 10.7. The fourth-order valence-corrected chi connectivity index (χ4v) is 3.73. The molecule has 0 bridgehead atoms. The molecular weight excluding hydrogens is 204 g/mol. The predicted octanol–water partition coefficient (Wildman–Crippen LogP) is 1.98. The highest BCUT2D eigenvalue weighted by molar-refractivity contribution is 7.96. The van der Waals surface area contributed by atoms with Gasteiger partial charge in [-0.3, -0.25) is 4.79 Å². The standard InChI is InChI=1S/C8H18O3SSi/c1-4-10-13(3,11-5-2)7-6-8(9)12/h4-7H2,1-3H3,(H,9,12). The summed E-state index contributed by atoms with van der Waals surface area (Å²) in [6.45, 7) is 7.14. The molecule has 0 aromatic heterocycles. The van der Waals surface area contributed by atoms with Crippen molar-refractivity contribution in [3.8, 4) is 0 Å². The third-order valence-corrected chi connectivity index (χ3v) is 4.87. The molecule has 0 aromatic rings. The summed E-state index contributed by atoms with van der Waals surface area (Å²) >= 11 is 3.72. The number of hydrogen-bond acceptors (Lipinski definition) is 3. The van der Waals surface area contributed by atoms with Crippen LogP contribution in [0.1, 0.15) is 20.3 Å². The topological polar surface area (TPSA) is 35.5 Å². The van der Waals surface area contributed by atoms with Crippen molar-refractivity contribution in [1.29, 1.82) is 0 Å². The van der Waals surface area contributed by atoms with Crippen LogP contribution >= 0.6 is 12.6 Å². The average molecular weight is 222 g/mol. The van der Waals surface area contributed by atoms with E-state index in [0.29, 0.717) is 25.7 Å². The summed E-state index contributed by atoms with van der Waals surface area (Å²) in [5.74, 6) is 0. The van der Waals surface area contributed by atoms with Gasteiger partial charge in [-0.25, -0.2) is 0 Å². The van der Waals surface area contributed by atoms with Gasteiger partial charge in [0.25, 0.3) is 0 Å². The van der Waals surface area contributed by atoms with Crippen LogP contribution < -0.4 is 0 Å². The lowest BCUT2D eigenvalue weighted by atomic mass is 10.5. The van der Waals surface area contributed by atoms with Crippen molar-refractivity contribution in [3.63, 3.8) is 0 Å². The Balaban J connectivity index is 3.98. The molecule has 0 amide bonds. The van der Waals surface area contributed by atoms with Crippen molar-refractivity contribution in [2.24, 2.45) is 0 Å². The monoisotopic (exact) mass is 222 g/mol. The van der Waals surface area contributed by atoms with Gasteiger partial charge in [-0.1, -0.05) is 0 Å². The molecule has 0 spiro atoms. The zero-order valence-electron chi connectivity index (χ0n) is 8.50. The molecule has 0 saturated heterocycles. The minimum atomic E-state index is -2.08. The Labute approximate surface area is 86.5 Å². The highest BCUT2D eigenvalue weighted by Crippen LogP contribution is 2.16. The van der Waals surface area contributed by atoms with E-state index < -0.39 is 8.56 Å². The van der Waals surface area contributed by atoms with Gasteiger partial charge in [0.2, 0.25) is 0 Å². The van der Waals surface area contributed by atoms with Crippen molar-refractivity contribution >= 4 is 26.3 Å². The Hall–Kier alpha value is 0.157. The quantitative estimate of drug-likeness (QED) is 0.528. The van der Waals surface area contributed by atoms with E-state index in [9.17, 15) is 4.79 Å². The maximum Gasteiger partial charge on any atom is 0.335 e. The summed E-state index contributed by atoms with van der Waals surface area (Å²) in [6.07, 6.45) is 0.436. The van der Waals surface area contributed by atoms with Gasteiger partial charge in [0.1, 0.15) is 0 Å². The molecule has 5 heteroatoms. The van der Waals surface area contributed by atoms with E-state index in [0.717, 1.165) is 0 Å². The zero-order valence-corrected chi connectivity index (χ0v) is 10.4. The molecule has 0 unspecified atom stereocenters. The number of carbonyl (C=O) groups is 1. The second-order valence-corrected chi connectivity index (χ2v) is 6.74. The van der Waals surface area contributed by atoms with Gasteiger partial charge in [-0.05, 0) is 26.4 Å². The molecule has 78 valence electrons. The van der Waals surface area contributed by atoms with Gasteiger partial charge < -0.3 is 8.85 Å². The molecule has 0 aromatic carbocycles. The minimum Gasteiger partial charge on any atom is -0.395 e. The molecule has 3 nitrogen and oxygen atoms in total. The van der Waals surface area contributed by atoms with E-state index in [4.69, 9.17) is 8.85 Å². The molecule has 13 heavy (non-hydrogen) atoms. The zero-order chi connectivity index (χ0) is 10.3. The van der Waals surface area contributed by atoms with Crippen molar-refractivity contribution in [2.75, 3.05) is 13.2 Å². The van der Waals surface area contributed by atoms with Gasteiger partial charge in [0, 0.05) is 19.6 Å². The van der Waals surface area contributed by atoms with E-state index in [-0.39, 0.29) is 5.12 Å². The fraction of sp³-hybridized carbons (Fsp3) is 0.875. The lowest BCUT2D eigenvalue weighted by Gasteiger charge is -2.25. The molecule has 0 atom stereocenters. The van der Waals surface area contributed by atoms with Crippen molar-refractivity contribution in [1.82, 2.24) is 0 Å². The summed E-state index contributed by atoms with van der Waals surface area (Å²) in [6, 6.07) is 0.691. The largest absolute Gasteiger partial charge is 0.395 e. The predicted molar refractivity (Wildman–Crippen MR) is 58.3 cm³/mol. The second kappa shape index (κ2) is 6.59. The molecule has 0 aliphatic carbocycles. The fourth-order valence-electron chi connectivity index (χ4n) is 1.13. The van der Waals surface area contributed by atoms with Crippen LogP contribution in [0.25, 0.3) is 0 Å².